The first kappa shape index (κ1) is 14.0. The van der Waals surface area contributed by atoms with Crippen molar-refractivity contribution in [2.24, 2.45) is 0 Å². The third-order valence-electron chi connectivity index (χ3n) is 2.63. The molecule has 1 atom stereocenters. The minimum Gasteiger partial charge on any atom is -0.755 e. The fourth-order valence-corrected chi connectivity index (χ4v) is 2.57. The van der Waals surface area contributed by atoms with Gasteiger partial charge in [0.05, 0.1) is 27.7 Å². The van der Waals surface area contributed by atoms with Crippen LogP contribution < -0.4 is 4.31 Å². The van der Waals surface area contributed by atoms with Gasteiger partial charge >= 0.3 is 0 Å². The number of benzene rings is 2. The Labute approximate surface area is 118 Å². The van der Waals surface area contributed by atoms with Crippen LogP contribution in [0.15, 0.2) is 42.5 Å². The number of aryl methyl sites for hydroxylation is 1. The van der Waals surface area contributed by atoms with Gasteiger partial charge in [-0.1, -0.05) is 35.9 Å². The van der Waals surface area contributed by atoms with Crippen LogP contribution in [-0.4, -0.2) is 8.76 Å². The molecule has 1 unspecified atom stereocenters. The lowest BCUT2D eigenvalue weighted by Crippen LogP contribution is -2.21. The van der Waals surface area contributed by atoms with E-state index in [0.717, 1.165) is 4.31 Å². The van der Waals surface area contributed by atoms with Crippen LogP contribution in [0.3, 0.4) is 0 Å². The minimum absolute atomic E-state index is 0.102. The first-order valence-electron chi connectivity index (χ1n) is 5.41. The lowest BCUT2D eigenvalue weighted by Gasteiger charge is -2.28. The molecule has 3 nitrogen and oxygen atoms in total. The van der Waals surface area contributed by atoms with Crippen LogP contribution in [0.2, 0.25) is 5.02 Å². The van der Waals surface area contributed by atoms with E-state index >= 15 is 0 Å². The monoisotopic (exact) mass is 298 g/mol. The zero-order valence-corrected chi connectivity index (χ0v) is 11.5. The summed E-state index contributed by atoms with van der Waals surface area (Å²) in [6.07, 6.45) is 0. The smallest absolute Gasteiger partial charge is 0.166 e. The SMILES string of the molecule is Cc1ccccc1N(c1cccc(Cl)c1F)S(=O)[O-]. The molecular formula is C13H10ClFNO2S-. The molecule has 0 fully saturated rings. The Kier molecular flexibility index (Phi) is 4.19. The molecule has 0 aromatic heterocycles. The average Bonchev–Trinajstić information content (AvgIpc) is 2.37. The van der Waals surface area contributed by atoms with Gasteiger partial charge in [0, 0.05) is 0 Å². The van der Waals surface area contributed by atoms with Gasteiger partial charge in [-0.2, -0.15) is 0 Å². The average molecular weight is 299 g/mol. The number of rotatable bonds is 3. The zero-order chi connectivity index (χ0) is 14.0. The molecule has 0 bridgehead atoms. The molecule has 6 heteroatoms. The molecule has 0 aliphatic carbocycles. The number of anilines is 2. The Balaban J connectivity index is 2.62. The second kappa shape index (κ2) is 5.69. The molecule has 0 spiro atoms. The molecule has 0 radical (unpaired) electrons. The van der Waals surface area contributed by atoms with Crippen LogP contribution in [0, 0.1) is 12.7 Å². The van der Waals surface area contributed by atoms with E-state index < -0.39 is 17.1 Å². The van der Waals surface area contributed by atoms with E-state index in [4.69, 9.17) is 11.6 Å². The Morgan fingerprint density at radius 3 is 2.42 bits per heavy atom. The van der Waals surface area contributed by atoms with Gasteiger partial charge in [-0.25, -0.2) is 4.39 Å². The van der Waals surface area contributed by atoms with Crippen LogP contribution in [0.4, 0.5) is 15.8 Å². The second-order valence-corrected chi connectivity index (χ2v) is 5.08. The molecule has 0 N–H and O–H groups in total. The van der Waals surface area contributed by atoms with Crippen molar-refractivity contribution >= 4 is 34.2 Å². The first-order valence-corrected chi connectivity index (χ1v) is 6.82. The van der Waals surface area contributed by atoms with Crippen molar-refractivity contribution < 1.29 is 13.2 Å². The van der Waals surface area contributed by atoms with Gasteiger partial charge < -0.3 is 4.55 Å². The van der Waals surface area contributed by atoms with Gasteiger partial charge in [0.15, 0.2) is 5.82 Å². The normalized spacial score (nSPS) is 12.2. The van der Waals surface area contributed by atoms with Crippen molar-refractivity contribution in [3.05, 3.63) is 58.9 Å². The first-order chi connectivity index (χ1) is 9.02. The van der Waals surface area contributed by atoms with Crippen LogP contribution in [0.1, 0.15) is 5.56 Å². The van der Waals surface area contributed by atoms with Crippen LogP contribution in [-0.2, 0) is 11.3 Å². The van der Waals surface area contributed by atoms with Gasteiger partial charge in [-0.3, -0.25) is 8.51 Å². The van der Waals surface area contributed by atoms with Crippen molar-refractivity contribution in [2.75, 3.05) is 4.31 Å². The number of hydrogen-bond acceptors (Lipinski definition) is 2. The second-order valence-electron chi connectivity index (χ2n) is 3.87. The summed E-state index contributed by atoms with van der Waals surface area (Å²) in [6, 6.07) is 11.0. The quantitative estimate of drug-likeness (QED) is 0.811. The van der Waals surface area contributed by atoms with E-state index in [0.29, 0.717) is 11.3 Å². The predicted octanol–water partition coefficient (Wildman–Crippen LogP) is 3.72. The summed E-state index contributed by atoms with van der Waals surface area (Å²) >= 11 is 3.04. The number of para-hydroxylation sites is 1. The maximum atomic E-state index is 14.0. The van der Waals surface area contributed by atoms with Crippen molar-refractivity contribution in [2.45, 2.75) is 6.92 Å². The topological polar surface area (TPSA) is 43.4 Å². The van der Waals surface area contributed by atoms with E-state index in [9.17, 15) is 13.2 Å². The molecule has 0 saturated carbocycles. The van der Waals surface area contributed by atoms with E-state index in [1.54, 1.807) is 31.2 Å². The van der Waals surface area contributed by atoms with Crippen molar-refractivity contribution in [3.63, 3.8) is 0 Å². The summed E-state index contributed by atoms with van der Waals surface area (Å²) in [5.41, 5.74) is 0.998. The predicted molar refractivity (Wildman–Crippen MR) is 73.6 cm³/mol. The standard InChI is InChI=1S/C13H11ClFNO2S/c1-9-5-2-3-7-11(9)16(19(17)18)12-8-4-6-10(14)13(12)15/h2-8H,1H3,(H,17,18)/p-1. The van der Waals surface area contributed by atoms with Crippen LogP contribution in [0.5, 0.6) is 0 Å². The van der Waals surface area contributed by atoms with Gasteiger partial charge in [-0.05, 0) is 30.7 Å². The molecule has 0 saturated heterocycles. The minimum atomic E-state index is -2.65. The lowest BCUT2D eigenvalue weighted by atomic mass is 10.2. The van der Waals surface area contributed by atoms with Crippen LogP contribution in [0.25, 0.3) is 0 Å². The van der Waals surface area contributed by atoms with E-state index in [1.807, 2.05) is 0 Å². The third-order valence-corrected chi connectivity index (χ3v) is 3.62. The molecule has 0 aliphatic heterocycles. The van der Waals surface area contributed by atoms with Crippen molar-refractivity contribution in [1.82, 2.24) is 0 Å². The molecule has 0 heterocycles. The number of halogens is 2. The molecule has 0 amide bonds. The molecule has 2 aromatic rings. The van der Waals surface area contributed by atoms with E-state index in [-0.39, 0.29) is 10.7 Å². The third kappa shape index (κ3) is 2.78. The largest absolute Gasteiger partial charge is 0.755 e. The van der Waals surface area contributed by atoms with Gasteiger partial charge in [0.25, 0.3) is 0 Å². The number of hydrogen-bond donors (Lipinski definition) is 0. The highest BCUT2D eigenvalue weighted by molar-refractivity contribution is 7.81. The Bertz CT molecular complexity index is 636. The highest BCUT2D eigenvalue weighted by Gasteiger charge is 2.17. The lowest BCUT2D eigenvalue weighted by molar-refractivity contribution is 0.535. The highest BCUT2D eigenvalue weighted by atomic mass is 35.5. The highest BCUT2D eigenvalue weighted by Crippen LogP contribution is 2.33. The molecule has 2 rings (SSSR count). The summed E-state index contributed by atoms with van der Waals surface area (Å²) in [5, 5.41) is -0.124. The maximum absolute atomic E-state index is 14.0. The summed E-state index contributed by atoms with van der Waals surface area (Å²) in [7, 11) is 0. The van der Waals surface area contributed by atoms with Gasteiger partial charge in [0.2, 0.25) is 0 Å². The molecule has 0 aliphatic rings. The summed E-state index contributed by atoms with van der Waals surface area (Å²) in [4.78, 5) is 0. The van der Waals surface area contributed by atoms with Crippen molar-refractivity contribution in [1.29, 1.82) is 0 Å². The molecule has 2 aromatic carbocycles. The zero-order valence-electron chi connectivity index (χ0n) is 9.97. The molecule has 19 heavy (non-hydrogen) atoms. The van der Waals surface area contributed by atoms with E-state index in [1.165, 1.54) is 18.2 Å². The maximum Gasteiger partial charge on any atom is 0.166 e. The fourth-order valence-electron chi connectivity index (χ4n) is 1.73. The Morgan fingerprint density at radius 1 is 1.16 bits per heavy atom. The van der Waals surface area contributed by atoms with Gasteiger partial charge in [-0.15, -0.1) is 0 Å². The Morgan fingerprint density at radius 2 is 1.79 bits per heavy atom. The van der Waals surface area contributed by atoms with E-state index in [2.05, 4.69) is 0 Å². The van der Waals surface area contributed by atoms with Crippen LogP contribution >= 0.6 is 11.6 Å². The number of nitrogens with zero attached hydrogens (tertiary/aromatic N) is 1. The summed E-state index contributed by atoms with van der Waals surface area (Å²) in [6.45, 7) is 1.75. The summed E-state index contributed by atoms with van der Waals surface area (Å²) < 4.78 is 37.7. The van der Waals surface area contributed by atoms with Crippen molar-refractivity contribution in [3.8, 4) is 0 Å². The van der Waals surface area contributed by atoms with Gasteiger partial charge in [0.1, 0.15) is 0 Å². The summed E-state index contributed by atoms with van der Waals surface area (Å²) in [5.74, 6) is -0.767. The Hall–Kier alpha value is -1.43. The fraction of sp³-hybridized carbons (Fsp3) is 0.0769. The molecular weight excluding hydrogens is 289 g/mol. The molecule has 100 valence electrons.